The standard InChI is InChI=1S/C19H16N4O3S3/c24-18(21-19-20-13-4-1-2-5-16(13)28-19)14-10-15(17-6-3-8-27-17)23(22-14)12-7-9-29(25,26)11-12/h1-6,8,10,12H,7,9,11H2,(H,20,21,24). The molecule has 1 fully saturated rings. The van der Waals surface area contributed by atoms with Crippen LogP contribution in [0.25, 0.3) is 20.8 Å². The van der Waals surface area contributed by atoms with Gasteiger partial charge in [-0.05, 0) is 36.1 Å². The number of benzene rings is 1. The molecule has 29 heavy (non-hydrogen) atoms. The van der Waals surface area contributed by atoms with Gasteiger partial charge in [0.15, 0.2) is 20.7 Å². The van der Waals surface area contributed by atoms with Crippen LogP contribution in [-0.4, -0.2) is 40.6 Å². The third kappa shape index (κ3) is 3.59. The Morgan fingerprint density at radius 1 is 1.21 bits per heavy atom. The van der Waals surface area contributed by atoms with Gasteiger partial charge in [0, 0.05) is 0 Å². The molecule has 3 aromatic heterocycles. The lowest BCUT2D eigenvalue weighted by atomic mass is 10.2. The Balaban J connectivity index is 1.48. The molecule has 7 nitrogen and oxygen atoms in total. The van der Waals surface area contributed by atoms with Crippen molar-refractivity contribution in [3.63, 3.8) is 0 Å². The molecule has 1 N–H and O–H groups in total. The first-order chi connectivity index (χ1) is 14.0. The number of nitrogens with zero attached hydrogens (tertiary/aromatic N) is 3. The molecular formula is C19H16N4O3S3. The molecule has 4 heterocycles. The fraction of sp³-hybridized carbons (Fsp3) is 0.211. The number of aromatic nitrogens is 3. The van der Waals surface area contributed by atoms with Crippen molar-refractivity contribution < 1.29 is 13.2 Å². The highest BCUT2D eigenvalue weighted by Gasteiger charge is 2.32. The van der Waals surface area contributed by atoms with E-state index in [9.17, 15) is 13.2 Å². The lowest BCUT2D eigenvalue weighted by Gasteiger charge is -2.12. The molecule has 148 valence electrons. The summed E-state index contributed by atoms with van der Waals surface area (Å²) in [6, 6.07) is 13.0. The van der Waals surface area contributed by atoms with Crippen LogP contribution >= 0.6 is 22.7 Å². The van der Waals surface area contributed by atoms with Gasteiger partial charge in [0.2, 0.25) is 0 Å². The highest BCUT2D eigenvalue weighted by molar-refractivity contribution is 7.91. The maximum Gasteiger partial charge on any atom is 0.277 e. The zero-order valence-electron chi connectivity index (χ0n) is 15.1. The molecule has 1 saturated heterocycles. The van der Waals surface area contributed by atoms with E-state index in [2.05, 4.69) is 15.4 Å². The van der Waals surface area contributed by atoms with Crippen LogP contribution in [0.5, 0.6) is 0 Å². The number of amides is 1. The van der Waals surface area contributed by atoms with Gasteiger partial charge in [-0.2, -0.15) is 5.10 Å². The number of hydrogen-bond donors (Lipinski definition) is 1. The van der Waals surface area contributed by atoms with E-state index in [4.69, 9.17) is 0 Å². The minimum atomic E-state index is -3.07. The van der Waals surface area contributed by atoms with Crippen molar-refractivity contribution in [2.24, 2.45) is 0 Å². The number of hydrogen-bond acceptors (Lipinski definition) is 7. The third-order valence-electron chi connectivity index (χ3n) is 4.81. The van der Waals surface area contributed by atoms with E-state index < -0.39 is 9.84 Å². The first-order valence-corrected chi connectivity index (χ1v) is 12.5. The maximum absolute atomic E-state index is 12.8. The van der Waals surface area contributed by atoms with Gasteiger partial charge in [0.1, 0.15) is 0 Å². The summed E-state index contributed by atoms with van der Waals surface area (Å²) in [7, 11) is -3.07. The molecule has 10 heteroatoms. The second-order valence-corrected chi connectivity index (χ2v) is 11.0. The molecule has 0 saturated carbocycles. The van der Waals surface area contributed by atoms with Crippen molar-refractivity contribution in [1.82, 2.24) is 14.8 Å². The fourth-order valence-corrected chi connectivity index (χ4v) is 6.73. The highest BCUT2D eigenvalue weighted by atomic mass is 32.2. The van der Waals surface area contributed by atoms with Crippen molar-refractivity contribution in [2.75, 3.05) is 16.8 Å². The van der Waals surface area contributed by atoms with Crippen molar-refractivity contribution in [2.45, 2.75) is 12.5 Å². The average molecular weight is 445 g/mol. The van der Waals surface area contributed by atoms with Crippen LogP contribution in [0.2, 0.25) is 0 Å². The average Bonchev–Trinajstić information content (AvgIpc) is 3.46. The molecule has 0 radical (unpaired) electrons. The summed E-state index contributed by atoms with van der Waals surface area (Å²) in [5.41, 5.74) is 1.84. The van der Waals surface area contributed by atoms with Crippen molar-refractivity contribution in [3.8, 4) is 10.6 Å². The number of anilines is 1. The maximum atomic E-state index is 12.8. The third-order valence-corrected chi connectivity index (χ3v) is 8.41. The van der Waals surface area contributed by atoms with Crippen LogP contribution in [-0.2, 0) is 9.84 Å². The monoisotopic (exact) mass is 444 g/mol. The predicted octanol–water partition coefficient (Wildman–Crippen LogP) is 3.83. The van der Waals surface area contributed by atoms with Gasteiger partial charge in [-0.3, -0.25) is 14.8 Å². The lowest BCUT2D eigenvalue weighted by Crippen LogP contribution is -2.16. The number of sulfone groups is 1. The minimum absolute atomic E-state index is 0.0476. The molecule has 5 rings (SSSR count). The SMILES string of the molecule is O=C(Nc1nc2ccccc2s1)c1cc(-c2cccs2)n(C2CCS(=O)(=O)C2)n1. The van der Waals surface area contributed by atoms with Crippen LogP contribution in [0.1, 0.15) is 23.0 Å². The molecule has 1 unspecified atom stereocenters. The van der Waals surface area contributed by atoms with Crippen molar-refractivity contribution in [1.29, 1.82) is 0 Å². The number of nitrogens with one attached hydrogen (secondary N) is 1. The summed E-state index contributed by atoms with van der Waals surface area (Å²) in [5.74, 6) is -0.165. The highest BCUT2D eigenvalue weighted by Crippen LogP contribution is 2.33. The first-order valence-electron chi connectivity index (χ1n) is 8.99. The minimum Gasteiger partial charge on any atom is -0.296 e. The summed E-state index contributed by atoms with van der Waals surface area (Å²) < 4.78 is 26.6. The van der Waals surface area contributed by atoms with Gasteiger partial charge < -0.3 is 0 Å². The topological polar surface area (TPSA) is 94.0 Å². The molecular weight excluding hydrogens is 428 g/mol. The molecule has 0 aliphatic carbocycles. The summed E-state index contributed by atoms with van der Waals surface area (Å²) in [6.45, 7) is 0. The number of para-hydroxylation sites is 1. The van der Waals surface area contributed by atoms with E-state index in [0.717, 1.165) is 20.8 Å². The summed E-state index contributed by atoms with van der Waals surface area (Å²) >= 11 is 2.93. The Bertz CT molecular complexity index is 1270. The van der Waals surface area contributed by atoms with Crippen LogP contribution in [0, 0.1) is 0 Å². The van der Waals surface area contributed by atoms with Crippen molar-refractivity contribution in [3.05, 3.63) is 53.5 Å². The zero-order chi connectivity index (χ0) is 20.0. The molecule has 1 aromatic carbocycles. The molecule has 0 bridgehead atoms. The molecule has 0 spiro atoms. The van der Waals surface area contributed by atoms with Gasteiger partial charge in [-0.15, -0.1) is 11.3 Å². The number of rotatable bonds is 4. The van der Waals surface area contributed by atoms with Gasteiger partial charge >= 0.3 is 0 Å². The van der Waals surface area contributed by atoms with Crippen molar-refractivity contribution >= 4 is 53.8 Å². The second kappa shape index (κ2) is 7.05. The van der Waals surface area contributed by atoms with E-state index in [1.54, 1.807) is 10.7 Å². The van der Waals surface area contributed by atoms with E-state index in [0.29, 0.717) is 11.6 Å². The molecule has 1 amide bonds. The predicted molar refractivity (Wildman–Crippen MR) is 115 cm³/mol. The Labute approximate surface area is 174 Å². The zero-order valence-corrected chi connectivity index (χ0v) is 17.6. The Morgan fingerprint density at radius 2 is 2.07 bits per heavy atom. The quantitative estimate of drug-likeness (QED) is 0.516. The summed E-state index contributed by atoms with van der Waals surface area (Å²) in [5, 5.41) is 9.76. The number of thiophene rings is 1. The summed E-state index contributed by atoms with van der Waals surface area (Å²) in [6.07, 6.45) is 0.501. The number of carbonyl (C=O) groups is 1. The second-order valence-electron chi connectivity index (χ2n) is 6.83. The van der Waals surface area contributed by atoms with Crippen LogP contribution in [0.3, 0.4) is 0 Å². The number of fused-ring (bicyclic) bond motifs is 1. The van der Waals surface area contributed by atoms with Crippen LogP contribution in [0.4, 0.5) is 5.13 Å². The van der Waals surface area contributed by atoms with E-state index in [-0.39, 0.29) is 29.1 Å². The smallest absolute Gasteiger partial charge is 0.277 e. The molecule has 1 aliphatic heterocycles. The van der Waals surface area contributed by atoms with Gasteiger partial charge in [0.05, 0.1) is 38.3 Å². The Kier molecular flexibility index (Phi) is 4.49. The lowest BCUT2D eigenvalue weighted by molar-refractivity contribution is 0.102. The number of thiazole rings is 1. The van der Waals surface area contributed by atoms with Crippen LogP contribution < -0.4 is 5.32 Å². The van der Waals surface area contributed by atoms with E-state index in [1.165, 1.54) is 22.7 Å². The molecule has 1 aliphatic rings. The Hall–Kier alpha value is -2.56. The summed E-state index contributed by atoms with van der Waals surface area (Å²) in [4.78, 5) is 18.2. The van der Waals surface area contributed by atoms with Gasteiger partial charge in [-0.25, -0.2) is 13.4 Å². The fourth-order valence-electron chi connectivity index (χ4n) is 3.45. The molecule has 4 aromatic rings. The molecule has 1 atom stereocenters. The van der Waals surface area contributed by atoms with Crippen LogP contribution in [0.15, 0.2) is 47.8 Å². The number of carbonyl (C=O) groups excluding carboxylic acids is 1. The van der Waals surface area contributed by atoms with E-state index >= 15 is 0 Å². The first kappa shape index (κ1) is 18.5. The Morgan fingerprint density at radius 3 is 2.79 bits per heavy atom. The van der Waals surface area contributed by atoms with E-state index in [1.807, 2.05) is 41.8 Å². The van der Waals surface area contributed by atoms with Gasteiger partial charge in [0.25, 0.3) is 5.91 Å². The largest absolute Gasteiger partial charge is 0.296 e. The van der Waals surface area contributed by atoms with Gasteiger partial charge in [-0.1, -0.05) is 29.5 Å². The normalized spacial score (nSPS) is 18.3.